The van der Waals surface area contributed by atoms with Crippen molar-refractivity contribution in [2.24, 2.45) is 0 Å². The van der Waals surface area contributed by atoms with Crippen LogP contribution in [0.5, 0.6) is 0 Å². The zero-order chi connectivity index (χ0) is 7.40. The van der Waals surface area contributed by atoms with Crippen molar-refractivity contribution in [1.29, 1.82) is 0 Å². The summed E-state index contributed by atoms with van der Waals surface area (Å²) in [5, 5.41) is 0.398. The summed E-state index contributed by atoms with van der Waals surface area (Å²) >= 11 is 5.55. The third-order valence-electron chi connectivity index (χ3n) is 0.947. The molecule has 10 heavy (non-hydrogen) atoms. The molecule has 0 aliphatic carbocycles. The van der Waals surface area contributed by atoms with Crippen LogP contribution in [0.2, 0.25) is 5.15 Å². The van der Waals surface area contributed by atoms with E-state index in [-0.39, 0.29) is 0 Å². The SMILES string of the molecule is COCc1cncc(Cl)n1. The summed E-state index contributed by atoms with van der Waals surface area (Å²) in [6.07, 6.45) is 3.11. The maximum absolute atomic E-state index is 5.55. The molecule has 1 rings (SSSR count). The molecule has 1 heterocycles. The monoisotopic (exact) mass is 158 g/mol. The number of methoxy groups -OCH3 is 1. The molecular weight excluding hydrogens is 152 g/mol. The minimum Gasteiger partial charge on any atom is -0.378 e. The highest BCUT2D eigenvalue weighted by molar-refractivity contribution is 6.29. The zero-order valence-corrected chi connectivity index (χ0v) is 6.30. The minimum atomic E-state index is 0.398. The van der Waals surface area contributed by atoms with Gasteiger partial charge in [0.1, 0.15) is 5.15 Å². The molecule has 4 heteroatoms. The van der Waals surface area contributed by atoms with Gasteiger partial charge in [-0.2, -0.15) is 0 Å². The second kappa shape index (κ2) is 3.49. The van der Waals surface area contributed by atoms with E-state index < -0.39 is 0 Å². The van der Waals surface area contributed by atoms with Crippen molar-refractivity contribution in [2.75, 3.05) is 7.11 Å². The van der Waals surface area contributed by atoms with Gasteiger partial charge in [-0.25, -0.2) is 4.98 Å². The average molecular weight is 159 g/mol. The van der Waals surface area contributed by atoms with Gasteiger partial charge in [0, 0.05) is 7.11 Å². The van der Waals surface area contributed by atoms with Crippen molar-refractivity contribution in [3.05, 3.63) is 23.2 Å². The normalized spacial score (nSPS) is 9.80. The second-order valence-electron chi connectivity index (χ2n) is 1.77. The van der Waals surface area contributed by atoms with E-state index in [0.29, 0.717) is 11.8 Å². The molecule has 1 aromatic heterocycles. The summed E-state index contributed by atoms with van der Waals surface area (Å²) in [6, 6.07) is 0. The quantitative estimate of drug-likeness (QED) is 0.651. The first-order valence-electron chi connectivity index (χ1n) is 2.78. The Bertz CT molecular complexity index is 217. The van der Waals surface area contributed by atoms with Crippen LogP contribution in [0, 0.1) is 0 Å². The van der Waals surface area contributed by atoms with E-state index in [1.165, 1.54) is 6.20 Å². The Morgan fingerprint density at radius 3 is 3.00 bits per heavy atom. The molecule has 0 spiro atoms. The van der Waals surface area contributed by atoms with Crippen molar-refractivity contribution < 1.29 is 4.74 Å². The Labute approximate surface area is 64.0 Å². The Kier molecular flexibility index (Phi) is 2.59. The van der Waals surface area contributed by atoms with Gasteiger partial charge in [-0.05, 0) is 0 Å². The highest BCUT2D eigenvalue weighted by atomic mass is 35.5. The highest BCUT2D eigenvalue weighted by Gasteiger charge is 1.93. The molecule has 1 aromatic rings. The van der Waals surface area contributed by atoms with Crippen molar-refractivity contribution in [2.45, 2.75) is 6.61 Å². The number of hydrogen-bond donors (Lipinski definition) is 0. The lowest BCUT2D eigenvalue weighted by molar-refractivity contribution is 0.181. The number of hydrogen-bond acceptors (Lipinski definition) is 3. The Morgan fingerprint density at radius 1 is 1.60 bits per heavy atom. The molecule has 0 fully saturated rings. The molecule has 0 saturated carbocycles. The van der Waals surface area contributed by atoms with Crippen molar-refractivity contribution >= 4 is 11.6 Å². The van der Waals surface area contributed by atoms with Crippen LogP contribution in [0.1, 0.15) is 5.69 Å². The van der Waals surface area contributed by atoms with Crippen LogP contribution in [0.3, 0.4) is 0 Å². The van der Waals surface area contributed by atoms with Gasteiger partial charge in [-0.3, -0.25) is 4.98 Å². The average Bonchev–Trinajstić information content (AvgIpc) is 1.88. The summed E-state index contributed by atoms with van der Waals surface area (Å²) in [4.78, 5) is 7.77. The van der Waals surface area contributed by atoms with Crippen molar-refractivity contribution in [3.8, 4) is 0 Å². The maximum atomic E-state index is 5.55. The molecule has 0 bridgehead atoms. The molecule has 0 atom stereocenters. The molecule has 0 unspecified atom stereocenters. The summed E-state index contributed by atoms with van der Waals surface area (Å²) in [5.41, 5.74) is 0.745. The fourth-order valence-electron chi connectivity index (χ4n) is 0.597. The highest BCUT2D eigenvalue weighted by Crippen LogP contribution is 2.02. The van der Waals surface area contributed by atoms with E-state index in [4.69, 9.17) is 16.3 Å². The summed E-state index contributed by atoms with van der Waals surface area (Å²) in [6.45, 7) is 0.452. The topological polar surface area (TPSA) is 35.0 Å². The van der Waals surface area contributed by atoms with Crippen LogP contribution in [0.15, 0.2) is 12.4 Å². The predicted octanol–water partition coefficient (Wildman–Crippen LogP) is 1.28. The Hall–Kier alpha value is -0.670. The van der Waals surface area contributed by atoms with Gasteiger partial charge in [-0.15, -0.1) is 0 Å². The molecule has 0 amide bonds. The van der Waals surface area contributed by atoms with Crippen LogP contribution >= 0.6 is 11.6 Å². The first-order valence-corrected chi connectivity index (χ1v) is 3.16. The Balaban J connectivity index is 2.75. The first kappa shape index (κ1) is 7.44. The molecule has 0 N–H and O–H groups in total. The zero-order valence-electron chi connectivity index (χ0n) is 5.54. The summed E-state index contributed by atoms with van der Waals surface area (Å²) in [7, 11) is 1.60. The van der Waals surface area contributed by atoms with Gasteiger partial charge in [0.25, 0.3) is 0 Å². The minimum absolute atomic E-state index is 0.398. The third kappa shape index (κ3) is 1.93. The number of halogens is 1. The van der Waals surface area contributed by atoms with Gasteiger partial charge in [0.05, 0.1) is 24.7 Å². The maximum Gasteiger partial charge on any atom is 0.147 e. The van der Waals surface area contributed by atoms with E-state index in [2.05, 4.69) is 9.97 Å². The summed E-state index contributed by atoms with van der Waals surface area (Å²) in [5.74, 6) is 0. The lowest BCUT2D eigenvalue weighted by atomic mass is 10.5. The van der Waals surface area contributed by atoms with Gasteiger partial charge in [0.15, 0.2) is 0 Å². The summed E-state index contributed by atoms with van der Waals surface area (Å²) < 4.78 is 4.82. The van der Waals surface area contributed by atoms with E-state index in [9.17, 15) is 0 Å². The fraction of sp³-hybridized carbons (Fsp3) is 0.333. The molecule has 0 aliphatic heterocycles. The van der Waals surface area contributed by atoms with E-state index in [1.807, 2.05) is 0 Å². The number of nitrogens with zero attached hydrogens (tertiary/aromatic N) is 2. The third-order valence-corrected chi connectivity index (χ3v) is 1.13. The molecule has 54 valence electrons. The molecule has 0 radical (unpaired) electrons. The Morgan fingerprint density at radius 2 is 2.40 bits per heavy atom. The van der Waals surface area contributed by atoms with Gasteiger partial charge in [-0.1, -0.05) is 11.6 Å². The van der Waals surface area contributed by atoms with Crippen LogP contribution in [0.25, 0.3) is 0 Å². The van der Waals surface area contributed by atoms with Crippen LogP contribution < -0.4 is 0 Å². The lowest BCUT2D eigenvalue weighted by Gasteiger charge is -1.96. The van der Waals surface area contributed by atoms with Crippen LogP contribution in [-0.4, -0.2) is 17.1 Å². The molecule has 0 saturated heterocycles. The van der Waals surface area contributed by atoms with Crippen LogP contribution in [0.4, 0.5) is 0 Å². The first-order chi connectivity index (χ1) is 4.83. The van der Waals surface area contributed by atoms with Gasteiger partial charge >= 0.3 is 0 Å². The van der Waals surface area contributed by atoms with Crippen molar-refractivity contribution in [1.82, 2.24) is 9.97 Å². The van der Waals surface area contributed by atoms with E-state index in [0.717, 1.165) is 5.69 Å². The smallest absolute Gasteiger partial charge is 0.147 e. The van der Waals surface area contributed by atoms with Crippen molar-refractivity contribution in [3.63, 3.8) is 0 Å². The number of aromatic nitrogens is 2. The second-order valence-corrected chi connectivity index (χ2v) is 2.15. The molecule has 3 nitrogen and oxygen atoms in total. The number of ether oxygens (including phenoxy) is 1. The lowest BCUT2D eigenvalue weighted by Crippen LogP contribution is -1.92. The fourth-order valence-corrected chi connectivity index (χ4v) is 0.762. The number of rotatable bonds is 2. The van der Waals surface area contributed by atoms with Gasteiger partial charge < -0.3 is 4.74 Å². The standard InChI is InChI=1S/C6H7ClN2O/c1-10-4-5-2-8-3-6(7)9-5/h2-3H,4H2,1H3. The predicted molar refractivity (Wildman–Crippen MR) is 37.8 cm³/mol. The van der Waals surface area contributed by atoms with Gasteiger partial charge in [0.2, 0.25) is 0 Å². The van der Waals surface area contributed by atoms with Crippen LogP contribution in [-0.2, 0) is 11.3 Å². The molecule has 0 aromatic carbocycles. The molecular formula is C6H7ClN2O. The van der Waals surface area contributed by atoms with E-state index >= 15 is 0 Å². The molecule has 0 aliphatic rings. The van der Waals surface area contributed by atoms with E-state index in [1.54, 1.807) is 13.3 Å². The largest absolute Gasteiger partial charge is 0.378 e.